The number of halogens is 6. The molecule has 0 N–H and O–H groups in total. The third kappa shape index (κ3) is 6.59. The first kappa shape index (κ1) is 36.3. The molecule has 3 aliphatic rings. The van der Waals surface area contributed by atoms with Gasteiger partial charge in [0, 0.05) is 59.4 Å². The first-order valence-corrected chi connectivity index (χ1v) is 19.0. The maximum Gasteiger partial charge on any atom is 0.346 e. The smallest absolute Gasteiger partial charge is 0.346 e. The SMILES string of the molecule is C[C@H](c1ccccc1)N1C/C(=C/c2ccc(Cl)cc2Cl)[C@]2(ON=C(c3ccc(Cl)cc3)O2)C2(C1)ON=C(c1ccc(Cl)cc1)[C@H]2c1ccc(Cl)cc1Cl. The Hall–Kier alpha value is -3.72. The number of nitrogens with zero attached hydrogens (tertiary/aromatic N) is 3. The second kappa shape index (κ2) is 14.5. The topological polar surface area (TPSA) is 55.7 Å². The summed E-state index contributed by atoms with van der Waals surface area (Å²) in [7, 11) is 0. The van der Waals surface area contributed by atoms with E-state index in [1.54, 1.807) is 36.4 Å². The van der Waals surface area contributed by atoms with Crippen LogP contribution in [0.4, 0.5) is 0 Å². The molecule has 268 valence electrons. The summed E-state index contributed by atoms with van der Waals surface area (Å²) in [6, 6.07) is 35.5. The molecule has 6 nitrogen and oxygen atoms in total. The van der Waals surface area contributed by atoms with Crippen molar-refractivity contribution in [2.45, 2.75) is 30.3 Å². The molecule has 8 rings (SSSR count). The Kier molecular flexibility index (Phi) is 9.92. The Bertz CT molecular complexity index is 2280. The molecule has 3 heterocycles. The molecule has 1 fully saturated rings. The zero-order valence-corrected chi connectivity index (χ0v) is 32.5. The largest absolute Gasteiger partial charge is 0.422 e. The summed E-state index contributed by atoms with van der Waals surface area (Å²) in [5.74, 6) is -2.16. The van der Waals surface area contributed by atoms with Gasteiger partial charge in [0.2, 0.25) is 5.60 Å². The van der Waals surface area contributed by atoms with E-state index in [1.165, 1.54) is 0 Å². The van der Waals surface area contributed by atoms with Gasteiger partial charge in [0.05, 0.1) is 18.2 Å². The number of hydrogen-bond acceptors (Lipinski definition) is 6. The van der Waals surface area contributed by atoms with Gasteiger partial charge in [-0.15, -0.1) is 0 Å². The van der Waals surface area contributed by atoms with Gasteiger partial charge in [-0.1, -0.05) is 129 Å². The molecule has 0 saturated carbocycles. The van der Waals surface area contributed by atoms with Gasteiger partial charge in [-0.05, 0) is 95.5 Å². The summed E-state index contributed by atoms with van der Waals surface area (Å²) in [6.45, 7) is 2.80. The van der Waals surface area contributed by atoms with Crippen molar-refractivity contribution in [3.8, 4) is 0 Å². The van der Waals surface area contributed by atoms with Crippen molar-refractivity contribution in [2.24, 2.45) is 10.3 Å². The van der Waals surface area contributed by atoms with Crippen molar-refractivity contribution in [1.29, 1.82) is 0 Å². The van der Waals surface area contributed by atoms with Gasteiger partial charge in [-0.3, -0.25) is 4.90 Å². The van der Waals surface area contributed by atoms with Crippen LogP contribution in [0.25, 0.3) is 6.08 Å². The molecule has 5 aromatic carbocycles. The molecule has 1 saturated heterocycles. The average molecular weight is 824 g/mol. The van der Waals surface area contributed by atoms with E-state index in [9.17, 15) is 0 Å². The second-order valence-corrected chi connectivity index (χ2v) is 15.7. The van der Waals surface area contributed by atoms with Crippen LogP contribution in [0, 0.1) is 0 Å². The summed E-state index contributed by atoms with van der Waals surface area (Å²) in [5, 5.41) is 12.4. The van der Waals surface area contributed by atoms with Gasteiger partial charge in [-0.25, -0.2) is 0 Å². The predicted molar refractivity (Wildman–Crippen MR) is 215 cm³/mol. The first-order valence-electron chi connectivity index (χ1n) is 16.7. The Balaban J connectivity index is 1.39. The fraction of sp³-hybridized carbons (Fsp3) is 0.171. The molecule has 0 aliphatic carbocycles. The number of oxime groups is 2. The van der Waals surface area contributed by atoms with Crippen molar-refractivity contribution in [3.05, 3.63) is 179 Å². The molecule has 0 bridgehead atoms. The van der Waals surface area contributed by atoms with Crippen LogP contribution in [-0.2, 0) is 14.4 Å². The standard InChI is InChI=1S/C41H29Cl6N3O3/c1-24(25-5-3-2-4-6-25)50-22-29(19-28-11-16-32(44)20-35(28)46)41(51-39(49-53-41)27-9-14-31(43)15-10-27)40(23-50)37(34-18-17-33(45)21-36(34)47)38(48-52-40)26-7-12-30(42)13-8-26/h2-21,24,37H,22-23H2,1H3/b29-19-/t24-,37-,40?,41+/m1/s1. The van der Waals surface area contributed by atoms with Crippen LogP contribution in [0.15, 0.2) is 131 Å². The molecule has 53 heavy (non-hydrogen) atoms. The third-order valence-electron chi connectivity index (χ3n) is 9.96. The normalized spacial score (nSPS) is 23.8. The Morgan fingerprint density at radius 3 is 1.98 bits per heavy atom. The third-order valence-corrected chi connectivity index (χ3v) is 11.6. The molecule has 3 aliphatic heterocycles. The van der Waals surface area contributed by atoms with Crippen LogP contribution < -0.4 is 0 Å². The highest BCUT2D eigenvalue weighted by Crippen LogP contribution is 2.58. The van der Waals surface area contributed by atoms with Crippen LogP contribution in [-0.4, -0.2) is 41.0 Å². The quantitative estimate of drug-likeness (QED) is 0.171. The molecular weight excluding hydrogens is 795 g/mol. The molecule has 2 spiro atoms. The van der Waals surface area contributed by atoms with Crippen molar-refractivity contribution < 1.29 is 14.4 Å². The molecule has 4 atom stereocenters. The summed E-state index contributed by atoms with van der Waals surface area (Å²) in [5.41, 5.74) is 3.74. The zero-order valence-electron chi connectivity index (χ0n) is 28.0. The van der Waals surface area contributed by atoms with E-state index in [0.29, 0.717) is 64.7 Å². The fourth-order valence-corrected chi connectivity index (χ4v) is 8.52. The number of fused-ring (bicyclic) bond motifs is 1. The maximum absolute atomic E-state index is 7.12. The lowest BCUT2D eigenvalue weighted by atomic mass is 9.68. The van der Waals surface area contributed by atoms with Crippen LogP contribution in [0.5, 0.6) is 0 Å². The number of rotatable bonds is 6. The number of likely N-dealkylation sites (tertiary alicyclic amines) is 1. The van der Waals surface area contributed by atoms with E-state index in [2.05, 4.69) is 29.1 Å². The van der Waals surface area contributed by atoms with Crippen molar-refractivity contribution in [2.75, 3.05) is 13.1 Å². The Labute approximate surface area is 337 Å². The minimum Gasteiger partial charge on any atom is -0.422 e. The van der Waals surface area contributed by atoms with Gasteiger partial charge in [0.1, 0.15) is 0 Å². The summed E-state index contributed by atoms with van der Waals surface area (Å²) in [6.07, 6.45) is 1.95. The first-order chi connectivity index (χ1) is 25.6. The maximum atomic E-state index is 7.12. The lowest BCUT2D eigenvalue weighted by Gasteiger charge is -2.52. The molecular formula is C41H29Cl6N3O3. The van der Waals surface area contributed by atoms with E-state index in [4.69, 9.17) is 89.2 Å². The number of piperidine rings is 1. The summed E-state index contributed by atoms with van der Waals surface area (Å²) < 4.78 is 7.09. The van der Waals surface area contributed by atoms with Gasteiger partial charge < -0.3 is 14.4 Å². The number of hydrogen-bond donors (Lipinski definition) is 0. The summed E-state index contributed by atoms with van der Waals surface area (Å²) in [4.78, 5) is 15.9. The molecule has 0 aromatic heterocycles. The molecule has 0 amide bonds. The number of benzene rings is 5. The van der Waals surface area contributed by atoms with E-state index in [-0.39, 0.29) is 18.5 Å². The monoisotopic (exact) mass is 821 g/mol. The highest BCUT2D eigenvalue weighted by Gasteiger charge is 2.74. The van der Waals surface area contributed by atoms with Crippen LogP contribution in [0.2, 0.25) is 30.1 Å². The zero-order chi connectivity index (χ0) is 36.9. The number of ether oxygens (including phenoxy) is 1. The molecule has 12 heteroatoms. The highest BCUT2D eigenvalue weighted by atomic mass is 35.5. The van der Waals surface area contributed by atoms with Crippen LogP contribution in [0.3, 0.4) is 0 Å². The molecule has 1 unspecified atom stereocenters. The van der Waals surface area contributed by atoms with E-state index in [1.807, 2.05) is 72.8 Å². The fourth-order valence-electron chi connectivity index (χ4n) is 7.29. The lowest BCUT2D eigenvalue weighted by molar-refractivity contribution is -0.279. The van der Waals surface area contributed by atoms with Gasteiger partial charge in [0.25, 0.3) is 5.90 Å². The molecule has 0 radical (unpaired) electrons. The van der Waals surface area contributed by atoms with E-state index >= 15 is 0 Å². The second-order valence-electron chi connectivity index (χ2n) is 13.1. The summed E-state index contributed by atoms with van der Waals surface area (Å²) >= 11 is 39.4. The van der Waals surface area contributed by atoms with Crippen LogP contribution >= 0.6 is 69.6 Å². The van der Waals surface area contributed by atoms with Crippen LogP contribution in [0.1, 0.15) is 46.7 Å². The van der Waals surface area contributed by atoms with Gasteiger partial charge in [0.15, 0.2) is 0 Å². The molecule has 5 aromatic rings. The lowest BCUT2D eigenvalue weighted by Crippen LogP contribution is -2.70. The van der Waals surface area contributed by atoms with Crippen molar-refractivity contribution in [3.63, 3.8) is 0 Å². The minimum absolute atomic E-state index is 0.0999. The van der Waals surface area contributed by atoms with Gasteiger partial charge in [-0.2, -0.15) is 0 Å². The predicted octanol–water partition coefficient (Wildman–Crippen LogP) is 12.1. The Morgan fingerprint density at radius 2 is 1.32 bits per heavy atom. The minimum atomic E-state index is -1.71. The average Bonchev–Trinajstić information content (AvgIpc) is 3.76. The van der Waals surface area contributed by atoms with Gasteiger partial charge >= 0.3 is 5.79 Å². The van der Waals surface area contributed by atoms with E-state index < -0.39 is 17.3 Å². The van der Waals surface area contributed by atoms with Crippen molar-refractivity contribution >= 4 is 87.3 Å². The Morgan fingerprint density at radius 1 is 0.698 bits per heavy atom. The highest BCUT2D eigenvalue weighted by molar-refractivity contribution is 6.36. The van der Waals surface area contributed by atoms with E-state index in [0.717, 1.165) is 11.1 Å². The van der Waals surface area contributed by atoms with Crippen molar-refractivity contribution in [1.82, 2.24) is 4.90 Å².